The third-order valence-electron chi connectivity index (χ3n) is 5.36. The molecule has 0 radical (unpaired) electrons. The van der Waals surface area contributed by atoms with Gasteiger partial charge in [-0.3, -0.25) is 4.98 Å². The van der Waals surface area contributed by atoms with Crippen LogP contribution in [0.5, 0.6) is 0 Å². The molecule has 0 saturated heterocycles. The molecule has 0 aromatic carbocycles. The van der Waals surface area contributed by atoms with Crippen LogP contribution in [0.2, 0.25) is 0 Å². The van der Waals surface area contributed by atoms with Crippen LogP contribution in [-0.4, -0.2) is 42.6 Å². The Hall–Kier alpha value is -1.33. The molecule has 168 valence electrons. The molecule has 1 heterocycles. The number of hydrogen-bond donors (Lipinski definition) is 3. The Labute approximate surface area is 180 Å². The van der Waals surface area contributed by atoms with E-state index >= 15 is 0 Å². The Morgan fingerprint density at radius 2 is 1.62 bits per heavy atom. The van der Waals surface area contributed by atoms with Gasteiger partial charge in [-0.15, -0.1) is 0 Å². The fourth-order valence-corrected chi connectivity index (χ4v) is 3.52. The van der Waals surface area contributed by atoms with Crippen LogP contribution in [0.15, 0.2) is 31.1 Å². The van der Waals surface area contributed by atoms with E-state index in [4.69, 9.17) is 0 Å². The first-order valence-corrected chi connectivity index (χ1v) is 12.1. The van der Waals surface area contributed by atoms with Crippen molar-refractivity contribution in [3.05, 3.63) is 31.1 Å². The number of quaternary nitrogens is 1. The van der Waals surface area contributed by atoms with E-state index in [1.165, 1.54) is 77.2 Å². The van der Waals surface area contributed by atoms with E-state index < -0.39 is 0 Å². The average molecular weight is 408 g/mol. The van der Waals surface area contributed by atoms with Crippen LogP contribution in [0.4, 0.5) is 0 Å². The molecule has 0 unspecified atom stereocenters. The minimum atomic E-state index is 0.598. The summed E-state index contributed by atoms with van der Waals surface area (Å²) in [5.41, 5.74) is 0. The molecule has 4 N–H and O–H groups in total. The first-order chi connectivity index (χ1) is 14.2. The van der Waals surface area contributed by atoms with E-state index in [-0.39, 0.29) is 0 Å². The van der Waals surface area contributed by atoms with Gasteiger partial charge in [-0.25, -0.2) is 4.57 Å². The molecule has 5 heteroatoms. The SMILES string of the molecule is CC(C)NCCC[NH2+]/C=C\N(C)CCCCCCCCCCCC[n+]1cc[nH]c1. The molecule has 0 spiro atoms. The van der Waals surface area contributed by atoms with E-state index in [0.717, 1.165) is 19.6 Å². The largest absolute Gasteiger partial charge is 0.376 e. The first-order valence-electron chi connectivity index (χ1n) is 12.1. The number of rotatable bonds is 20. The second-order valence-corrected chi connectivity index (χ2v) is 8.69. The normalized spacial score (nSPS) is 11.7. The standard InChI is InChI=1S/C24H47N5/c1-24(2)27-16-14-15-25-17-21-28(3)19-12-10-8-6-4-5-7-9-11-13-20-29-22-18-26-23-29/h17-18,21-25,27H,4-16,19-20H2,1-3H3/p+2/b21-17-. The smallest absolute Gasteiger partial charge is 0.241 e. The van der Waals surface area contributed by atoms with Gasteiger partial charge in [0.1, 0.15) is 18.6 Å². The van der Waals surface area contributed by atoms with E-state index in [2.05, 4.69) is 64.6 Å². The van der Waals surface area contributed by atoms with Crippen molar-refractivity contribution in [1.29, 1.82) is 0 Å². The van der Waals surface area contributed by atoms with E-state index in [9.17, 15) is 0 Å². The van der Waals surface area contributed by atoms with Crippen LogP contribution in [0.1, 0.15) is 84.5 Å². The van der Waals surface area contributed by atoms with Gasteiger partial charge < -0.3 is 15.5 Å². The Morgan fingerprint density at radius 1 is 0.966 bits per heavy atom. The summed E-state index contributed by atoms with van der Waals surface area (Å²) >= 11 is 0. The number of aromatic amines is 1. The number of aromatic nitrogens is 2. The zero-order chi connectivity index (χ0) is 21.0. The lowest BCUT2D eigenvalue weighted by Gasteiger charge is -2.12. The van der Waals surface area contributed by atoms with Gasteiger partial charge >= 0.3 is 0 Å². The Bertz CT molecular complexity index is 470. The lowest BCUT2D eigenvalue weighted by atomic mass is 10.1. The lowest BCUT2D eigenvalue weighted by Crippen LogP contribution is -2.78. The zero-order valence-electron chi connectivity index (χ0n) is 19.5. The summed E-state index contributed by atoms with van der Waals surface area (Å²) in [6.07, 6.45) is 25.6. The van der Waals surface area contributed by atoms with Crippen molar-refractivity contribution in [2.75, 3.05) is 26.7 Å². The van der Waals surface area contributed by atoms with Crippen molar-refractivity contribution in [2.24, 2.45) is 0 Å². The van der Waals surface area contributed by atoms with Gasteiger partial charge in [-0.1, -0.05) is 58.8 Å². The van der Waals surface area contributed by atoms with Gasteiger partial charge in [0.25, 0.3) is 0 Å². The summed E-state index contributed by atoms with van der Waals surface area (Å²) in [7, 11) is 2.19. The zero-order valence-corrected chi connectivity index (χ0v) is 19.5. The van der Waals surface area contributed by atoms with Crippen molar-refractivity contribution in [3.63, 3.8) is 0 Å². The summed E-state index contributed by atoms with van der Waals surface area (Å²) in [5.74, 6) is 0. The highest BCUT2D eigenvalue weighted by Crippen LogP contribution is 2.10. The molecule has 1 aromatic heterocycles. The molecule has 0 saturated carbocycles. The molecular formula is C24H49N5+2. The Morgan fingerprint density at radius 3 is 2.24 bits per heavy atom. The number of nitrogens with one attached hydrogen (secondary N) is 2. The van der Waals surface area contributed by atoms with Crippen LogP contribution in [0, 0.1) is 0 Å². The average Bonchev–Trinajstić information content (AvgIpc) is 3.21. The van der Waals surface area contributed by atoms with E-state index in [0.29, 0.717) is 6.04 Å². The summed E-state index contributed by atoms with van der Waals surface area (Å²) in [6.45, 7) is 9.01. The molecule has 0 bridgehead atoms. The van der Waals surface area contributed by atoms with Crippen LogP contribution in [0.3, 0.4) is 0 Å². The monoisotopic (exact) mass is 407 g/mol. The Balaban J connectivity index is 1.76. The molecular weight excluding hydrogens is 358 g/mol. The van der Waals surface area contributed by atoms with Gasteiger partial charge in [0.2, 0.25) is 6.33 Å². The van der Waals surface area contributed by atoms with Gasteiger partial charge in [-0.05, 0) is 19.3 Å². The van der Waals surface area contributed by atoms with Crippen molar-refractivity contribution >= 4 is 0 Å². The summed E-state index contributed by atoms with van der Waals surface area (Å²) < 4.78 is 2.23. The van der Waals surface area contributed by atoms with Crippen molar-refractivity contribution < 1.29 is 9.88 Å². The maximum absolute atomic E-state index is 3.46. The molecule has 1 aromatic rings. The number of hydrogen-bond acceptors (Lipinski definition) is 2. The molecule has 0 amide bonds. The molecule has 0 fully saturated rings. The van der Waals surface area contributed by atoms with Gasteiger partial charge in [-0.2, -0.15) is 0 Å². The number of imidazole rings is 1. The number of nitrogens with two attached hydrogens (primary N) is 1. The molecule has 0 aliphatic carbocycles. The summed E-state index contributed by atoms with van der Waals surface area (Å²) in [6, 6.07) is 0.598. The van der Waals surface area contributed by atoms with Crippen molar-refractivity contribution in [1.82, 2.24) is 15.2 Å². The van der Waals surface area contributed by atoms with E-state index in [1.807, 2.05) is 12.5 Å². The summed E-state index contributed by atoms with van der Waals surface area (Å²) in [5, 5.41) is 5.75. The first kappa shape index (κ1) is 25.7. The highest BCUT2D eigenvalue weighted by atomic mass is 15.1. The summed E-state index contributed by atoms with van der Waals surface area (Å²) in [4.78, 5) is 5.43. The van der Waals surface area contributed by atoms with Gasteiger partial charge in [0.15, 0.2) is 0 Å². The Kier molecular flexibility index (Phi) is 16.6. The molecule has 0 aliphatic heterocycles. The highest BCUT2D eigenvalue weighted by Gasteiger charge is 1.98. The van der Waals surface area contributed by atoms with Crippen molar-refractivity contribution in [3.8, 4) is 0 Å². The van der Waals surface area contributed by atoms with Crippen LogP contribution in [-0.2, 0) is 6.54 Å². The van der Waals surface area contributed by atoms with Crippen LogP contribution >= 0.6 is 0 Å². The number of aryl methyl sites for hydroxylation is 1. The number of nitrogens with zero attached hydrogens (tertiary/aromatic N) is 2. The van der Waals surface area contributed by atoms with Crippen molar-refractivity contribution in [2.45, 2.75) is 97.1 Å². The fraction of sp³-hybridized carbons (Fsp3) is 0.792. The maximum Gasteiger partial charge on any atom is 0.241 e. The fourth-order valence-electron chi connectivity index (χ4n) is 3.52. The number of H-pyrrole nitrogens is 1. The predicted molar refractivity (Wildman–Crippen MR) is 123 cm³/mol. The van der Waals surface area contributed by atoms with Crippen LogP contribution in [0.25, 0.3) is 0 Å². The minimum Gasteiger partial charge on any atom is -0.376 e. The van der Waals surface area contributed by atoms with E-state index in [1.54, 1.807) is 0 Å². The maximum atomic E-state index is 3.46. The highest BCUT2D eigenvalue weighted by molar-refractivity contribution is 4.70. The quantitative estimate of drug-likeness (QED) is 0.229. The topological polar surface area (TPSA) is 51.6 Å². The molecule has 29 heavy (non-hydrogen) atoms. The third kappa shape index (κ3) is 17.3. The molecule has 0 aliphatic rings. The lowest BCUT2D eigenvalue weighted by molar-refractivity contribution is -0.696. The third-order valence-corrected chi connectivity index (χ3v) is 5.36. The second-order valence-electron chi connectivity index (χ2n) is 8.69. The molecule has 1 rings (SSSR count). The second kappa shape index (κ2) is 18.7. The molecule has 5 nitrogen and oxygen atoms in total. The number of unbranched alkanes of at least 4 members (excludes halogenated alkanes) is 9. The predicted octanol–water partition coefficient (Wildman–Crippen LogP) is 3.56. The van der Waals surface area contributed by atoms with Gasteiger partial charge in [0, 0.05) is 32.6 Å². The van der Waals surface area contributed by atoms with Gasteiger partial charge in [0.05, 0.1) is 19.3 Å². The minimum absolute atomic E-state index is 0.598. The molecule has 0 atom stereocenters. The van der Waals surface area contributed by atoms with Crippen LogP contribution < -0.4 is 15.2 Å².